The van der Waals surface area contributed by atoms with Crippen molar-refractivity contribution in [2.75, 3.05) is 0 Å². The van der Waals surface area contributed by atoms with Gasteiger partial charge in [-0.3, -0.25) is 0 Å². The van der Waals surface area contributed by atoms with Gasteiger partial charge in [0.2, 0.25) is 0 Å². The number of hydrogen-bond acceptors (Lipinski definition) is 2. The molecule has 2 heterocycles. The summed E-state index contributed by atoms with van der Waals surface area (Å²) in [4.78, 5) is 0. The fourth-order valence-electron chi connectivity index (χ4n) is 10.2. The molecule has 0 saturated carbocycles. The fraction of sp³-hybridized carbons (Fsp3) is 0. The van der Waals surface area contributed by atoms with E-state index >= 15 is 0 Å². The molecule has 0 aliphatic carbocycles. The van der Waals surface area contributed by atoms with Crippen molar-refractivity contribution in [1.82, 2.24) is 0 Å². The lowest BCUT2D eigenvalue weighted by atomic mass is 9.85. The number of thiophene rings is 2. The predicted molar refractivity (Wildman–Crippen MR) is 264 cm³/mol. The molecule has 0 radical (unpaired) electrons. The van der Waals surface area contributed by atoms with Gasteiger partial charge in [-0.05, 0) is 88.6 Å². The van der Waals surface area contributed by atoms with Crippen molar-refractivity contribution in [3.8, 4) is 44.5 Å². The van der Waals surface area contributed by atoms with Crippen LogP contribution >= 0.6 is 22.7 Å². The highest BCUT2D eigenvalue weighted by molar-refractivity contribution is 7.26. The minimum atomic E-state index is 1.24. The molecular formula is C58H34S2. The lowest BCUT2D eigenvalue weighted by Gasteiger charge is -2.18. The van der Waals surface area contributed by atoms with Crippen molar-refractivity contribution in [2.45, 2.75) is 0 Å². The highest BCUT2D eigenvalue weighted by Crippen LogP contribution is 2.51. The van der Waals surface area contributed by atoms with E-state index in [1.807, 2.05) is 22.7 Å². The van der Waals surface area contributed by atoms with Gasteiger partial charge in [0.1, 0.15) is 0 Å². The SMILES string of the molecule is c1ccc(-c2c3ccccc3c(-c3cccc4c3sc3cc(-c5c6ccccc6c(-c6cccc7c6sc6ccccc67)c6ccccc56)ccc34)c3ccccc23)cc1. The Bertz CT molecular complexity index is 3770. The van der Waals surface area contributed by atoms with Crippen molar-refractivity contribution < 1.29 is 0 Å². The van der Waals surface area contributed by atoms with Crippen LogP contribution in [0.15, 0.2) is 206 Å². The summed E-state index contributed by atoms with van der Waals surface area (Å²) in [6.45, 7) is 0. The summed E-state index contributed by atoms with van der Waals surface area (Å²) in [5, 5.41) is 15.5. The molecule has 0 nitrogen and oxygen atoms in total. The van der Waals surface area contributed by atoms with E-state index < -0.39 is 0 Å². The van der Waals surface area contributed by atoms with Crippen LogP contribution in [0.1, 0.15) is 0 Å². The maximum atomic E-state index is 2.46. The average Bonchev–Trinajstić information content (AvgIpc) is 3.89. The van der Waals surface area contributed by atoms with Crippen molar-refractivity contribution in [1.29, 1.82) is 0 Å². The van der Waals surface area contributed by atoms with Crippen molar-refractivity contribution in [2.24, 2.45) is 0 Å². The zero-order valence-electron chi connectivity index (χ0n) is 32.4. The molecule has 0 spiro atoms. The van der Waals surface area contributed by atoms with E-state index in [0.29, 0.717) is 0 Å². The van der Waals surface area contributed by atoms with E-state index in [1.54, 1.807) is 0 Å². The van der Waals surface area contributed by atoms with Gasteiger partial charge in [-0.25, -0.2) is 0 Å². The Hall–Kier alpha value is -7.10. The van der Waals surface area contributed by atoms with Gasteiger partial charge in [-0.2, -0.15) is 0 Å². The molecule has 0 saturated heterocycles. The number of fused-ring (bicyclic) bond motifs is 10. The van der Waals surface area contributed by atoms with Crippen LogP contribution in [0.25, 0.3) is 128 Å². The van der Waals surface area contributed by atoms with Gasteiger partial charge in [0.15, 0.2) is 0 Å². The van der Waals surface area contributed by atoms with Gasteiger partial charge in [-0.15, -0.1) is 22.7 Å². The minimum absolute atomic E-state index is 1.24. The van der Waals surface area contributed by atoms with Gasteiger partial charge < -0.3 is 0 Å². The Labute approximate surface area is 354 Å². The second-order valence-electron chi connectivity index (χ2n) is 15.8. The van der Waals surface area contributed by atoms with Crippen molar-refractivity contribution in [3.05, 3.63) is 206 Å². The molecule has 0 N–H and O–H groups in total. The molecular weight excluding hydrogens is 761 g/mol. The zero-order chi connectivity index (χ0) is 39.3. The molecule has 278 valence electrons. The summed E-state index contributed by atoms with van der Waals surface area (Å²) in [6.07, 6.45) is 0. The summed E-state index contributed by atoms with van der Waals surface area (Å²) in [5.41, 5.74) is 10.3. The van der Waals surface area contributed by atoms with E-state index in [-0.39, 0.29) is 0 Å². The second kappa shape index (κ2) is 13.2. The van der Waals surface area contributed by atoms with E-state index in [9.17, 15) is 0 Å². The van der Waals surface area contributed by atoms with E-state index in [2.05, 4.69) is 206 Å². The topological polar surface area (TPSA) is 0 Å². The highest BCUT2D eigenvalue weighted by atomic mass is 32.1. The van der Waals surface area contributed by atoms with Crippen LogP contribution in [0.2, 0.25) is 0 Å². The van der Waals surface area contributed by atoms with Crippen LogP contribution in [0, 0.1) is 0 Å². The van der Waals surface area contributed by atoms with Gasteiger partial charge in [-0.1, -0.05) is 194 Å². The Morgan fingerprint density at radius 1 is 0.217 bits per heavy atom. The maximum absolute atomic E-state index is 2.46. The number of benzene rings is 11. The molecule has 11 aromatic carbocycles. The molecule has 13 rings (SSSR count). The molecule has 0 aliphatic heterocycles. The van der Waals surface area contributed by atoms with Crippen LogP contribution in [-0.2, 0) is 0 Å². The van der Waals surface area contributed by atoms with Crippen molar-refractivity contribution in [3.63, 3.8) is 0 Å². The molecule has 0 amide bonds. The largest absolute Gasteiger partial charge is 0.135 e. The minimum Gasteiger partial charge on any atom is -0.135 e. The highest BCUT2D eigenvalue weighted by Gasteiger charge is 2.22. The van der Waals surface area contributed by atoms with Gasteiger partial charge >= 0.3 is 0 Å². The molecule has 0 bridgehead atoms. The Morgan fingerprint density at radius 3 is 1.08 bits per heavy atom. The summed E-state index contributed by atoms with van der Waals surface area (Å²) < 4.78 is 5.31. The molecule has 0 atom stereocenters. The normalized spacial score (nSPS) is 12.0. The van der Waals surface area contributed by atoms with Gasteiger partial charge in [0.05, 0.1) is 0 Å². The van der Waals surface area contributed by atoms with Gasteiger partial charge in [0.25, 0.3) is 0 Å². The first-order valence-electron chi connectivity index (χ1n) is 20.6. The third kappa shape index (κ3) is 4.90. The molecule has 0 fully saturated rings. The van der Waals surface area contributed by atoms with Crippen LogP contribution in [0.5, 0.6) is 0 Å². The van der Waals surface area contributed by atoms with Crippen LogP contribution in [-0.4, -0.2) is 0 Å². The molecule has 13 aromatic rings. The molecule has 2 aromatic heterocycles. The van der Waals surface area contributed by atoms with E-state index in [0.717, 1.165) is 0 Å². The first-order chi connectivity index (χ1) is 29.8. The van der Waals surface area contributed by atoms with Crippen molar-refractivity contribution >= 4 is 106 Å². The van der Waals surface area contributed by atoms with Crippen LogP contribution in [0.4, 0.5) is 0 Å². The summed E-state index contributed by atoms with van der Waals surface area (Å²) >= 11 is 3.83. The zero-order valence-corrected chi connectivity index (χ0v) is 34.1. The lowest BCUT2D eigenvalue weighted by molar-refractivity contribution is 1.67. The monoisotopic (exact) mass is 794 g/mol. The summed E-state index contributed by atoms with van der Waals surface area (Å²) in [5.74, 6) is 0. The first kappa shape index (κ1) is 33.8. The van der Waals surface area contributed by atoms with Gasteiger partial charge in [0, 0.05) is 51.5 Å². The molecule has 60 heavy (non-hydrogen) atoms. The molecule has 2 heteroatoms. The molecule has 0 aliphatic rings. The Balaban J connectivity index is 1.05. The predicted octanol–water partition coefficient (Wildman–Crippen LogP) is 17.7. The maximum Gasteiger partial charge on any atom is 0.0434 e. The third-order valence-corrected chi connectivity index (χ3v) is 15.1. The fourth-order valence-corrected chi connectivity index (χ4v) is 12.6. The standard InChI is InChI=1S/C58H34S2/c1-2-16-35(17-3-1)53-39-19-4-8-23-43(39)55(44-24-9-5-20-40(44)53)50-30-15-28-48-38-33-32-36(34-52(38)60-58(48)50)54-41-21-6-10-25-45(41)56(46-26-11-7-22-42(46)54)49-29-14-27-47-37-18-12-13-31-51(37)59-57(47)49/h1-34H. The summed E-state index contributed by atoms with van der Waals surface area (Å²) in [7, 11) is 0. The lowest BCUT2D eigenvalue weighted by Crippen LogP contribution is -1.91. The second-order valence-corrected chi connectivity index (χ2v) is 17.9. The first-order valence-corrected chi connectivity index (χ1v) is 22.2. The number of rotatable bonds is 4. The van der Waals surface area contributed by atoms with Crippen LogP contribution in [0.3, 0.4) is 0 Å². The molecule has 0 unspecified atom stereocenters. The average molecular weight is 795 g/mol. The van der Waals surface area contributed by atoms with E-state index in [4.69, 9.17) is 0 Å². The quantitative estimate of drug-likeness (QED) is 0.156. The summed E-state index contributed by atoms with van der Waals surface area (Å²) in [6, 6.07) is 76.7. The third-order valence-electron chi connectivity index (χ3n) is 12.7. The Kier molecular flexibility index (Phi) is 7.45. The smallest absolute Gasteiger partial charge is 0.0434 e. The van der Waals surface area contributed by atoms with E-state index in [1.165, 1.54) is 128 Å². The number of hydrogen-bond donors (Lipinski definition) is 0. The van der Waals surface area contributed by atoms with Crippen LogP contribution < -0.4 is 0 Å². The Morgan fingerprint density at radius 2 is 0.583 bits per heavy atom.